The van der Waals surface area contributed by atoms with Gasteiger partial charge in [0.05, 0.1) is 6.61 Å². The van der Waals surface area contributed by atoms with Crippen LogP contribution in [0.5, 0.6) is 11.5 Å². The van der Waals surface area contributed by atoms with Gasteiger partial charge in [0.1, 0.15) is 11.5 Å². The van der Waals surface area contributed by atoms with Crippen molar-refractivity contribution in [1.29, 1.82) is 0 Å². The lowest BCUT2D eigenvalue weighted by molar-refractivity contribution is -0.121. The maximum Gasteiger partial charge on any atom is 0.221 e. The summed E-state index contributed by atoms with van der Waals surface area (Å²) in [5.41, 5.74) is 2.98. The van der Waals surface area contributed by atoms with Crippen molar-refractivity contribution >= 4 is 28.4 Å². The first-order valence-corrected chi connectivity index (χ1v) is 10.9. The number of aromatic amines is 1. The van der Waals surface area contributed by atoms with Crippen LogP contribution < -0.4 is 10.1 Å². The quantitative estimate of drug-likeness (QED) is 0.313. The van der Waals surface area contributed by atoms with Gasteiger partial charge in [0.2, 0.25) is 5.91 Å². The third-order valence-corrected chi connectivity index (χ3v) is 5.54. The second-order valence-corrected chi connectivity index (χ2v) is 7.96. The van der Waals surface area contributed by atoms with Crippen LogP contribution in [0.2, 0.25) is 5.02 Å². The molecule has 0 unspecified atom stereocenters. The number of carbonyl (C=O) groups is 1. The van der Waals surface area contributed by atoms with E-state index in [0.717, 1.165) is 33.5 Å². The van der Waals surface area contributed by atoms with Crippen LogP contribution in [-0.4, -0.2) is 31.2 Å². The predicted molar refractivity (Wildman–Crippen MR) is 128 cm³/mol. The molecule has 0 aliphatic carbocycles. The molecule has 0 fully saturated rings. The number of H-pyrrole nitrogens is 1. The van der Waals surface area contributed by atoms with Gasteiger partial charge in [-0.25, -0.2) is 0 Å². The zero-order chi connectivity index (χ0) is 22.3. The van der Waals surface area contributed by atoms with Crippen LogP contribution in [0.25, 0.3) is 10.9 Å². The molecule has 0 bridgehead atoms. The summed E-state index contributed by atoms with van der Waals surface area (Å²) in [5, 5.41) is 4.59. The van der Waals surface area contributed by atoms with E-state index < -0.39 is 0 Å². The molecule has 3 aromatic carbocycles. The topological polar surface area (TPSA) is 63.4 Å². The SMILES string of the molecule is COCCNC(=O)C[C@@H](c1cccc(Oc2ccccc2)c1)c1c[nH]c2ccc(Cl)cc12. The number of amides is 1. The molecule has 164 valence electrons. The lowest BCUT2D eigenvalue weighted by Gasteiger charge is -2.18. The van der Waals surface area contributed by atoms with Crippen LogP contribution in [-0.2, 0) is 9.53 Å². The van der Waals surface area contributed by atoms with Crippen molar-refractivity contribution in [3.63, 3.8) is 0 Å². The van der Waals surface area contributed by atoms with Gasteiger partial charge in [0, 0.05) is 48.1 Å². The number of methoxy groups -OCH3 is 1. The fraction of sp³-hybridized carbons (Fsp3) is 0.192. The third-order valence-electron chi connectivity index (χ3n) is 5.31. The van der Waals surface area contributed by atoms with E-state index in [1.807, 2.05) is 79.0 Å². The monoisotopic (exact) mass is 448 g/mol. The summed E-state index contributed by atoms with van der Waals surface area (Å²) in [5.74, 6) is 1.26. The molecule has 0 spiro atoms. The van der Waals surface area contributed by atoms with Gasteiger partial charge in [-0.2, -0.15) is 0 Å². The number of ether oxygens (including phenoxy) is 2. The van der Waals surface area contributed by atoms with Crippen LogP contribution in [0.4, 0.5) is 0 Å². The third kappa shape index (κ3) is 5.31. The van der Waals surface area contributed by atoms with Crippen molar-refractivity contribution in [2.24, 2.45) is 0 Å². The molecule has 0 saturated carbocycles. The maximum absolute atomic E-state index is 12.7. The number of benzene rings is 3. The Morgan fingerprint density at radius 1 is 1.03 bits per heavy atom. The molecular formula is C26H25ClN2O3. The van der Waals surface area contributed by atoms with Crippen molar-refractivity contribution in [3.05, 3.63) is 95.1 Å². The van der Waals surface area contributed by atoms with E-state index in [0.29, 0.717) is 18.2 Å². The Hall–Kier alpha value is -3.28. The van der Waals surface area contributed by atoms with Gasteiger partial charge in [-0.05, 0) is 53.6 Å². The van der Waals surface area contributed by atoms with Gasteiger partial charge in [-0.15, -0.1) is 0 Å². The van der Waals surface area contributed by atoms with E-state index >= 15 is 0 Å². The van der Waals surface area contributed by atoms with Crippen LogP contribution in [0, 0.1) is 0 Å². The smallest absolute Gasteiger partial charge is 0.221 e. The predicted octanol–water partition coefficient (Wildman–Crippen LogP) is 5.90. The maximum atomic E-state index is 12.7. The minimum absolute atomic E-state index is 0.0437. The highest BCUT2D eigenvalue weighted by molar-refractivity contribution is 6.31. The summed E-state index contributed by atoms with van der Waals surface area (Å²) >= 11 is 6.28. The second kappa shape index (κ2) is 10.4. The number of carbonyl (C=O) groups excluding carboxylic acids is 1. The Bertz CT molecular complexity index is 1190. The first-order valence-electron chi connectivity index (χ1n) is 10.5. The largest absolute Gasteiger partial charge is 0.457 e. The van der Waals surface area contributed by atoms with Gasteiger partial charge in [0.15, 0.2) is 0 Å². The van der Waals surface area contributed by atoms with Gasteiger partial charge in [-0.1, -0.05) is 41.9 Å². The zero-order valence-electron chi connectivity index (χ0n) is 17.8. The number of hydrogen-bond acceptors (Lipinski definition) is 3. The molecule has 4 aromatic rings. The Morgan fingerprint density at radius 2 is 1.84 bits per heavy atom. The van der Waals surface area contributed by atoms with Crippen molar-refractivity contribution in [1.82, 2.24) is 10.3 Å². The molecule has 0 radical (unpaired) electrons. The lowest BCUT2D eigenvalue weighted by Crippen LogP contribution is -2.28. The average molecular weight is 449 g/mol. The molecule has 2 N–H and O–H groups in total. The van der Waals surface area contributed by atoms with Crippen molar-refractivity contribution in [3.8, 4) is 11.5 Å². The molecular weight excluding hydrogens is 424 g/mol. The fourth-order valence-electron chi connectivity index (χ4n) is 3.78. The van der Waals surface area contributed by atoms with Crippen molar-refractivity contribution in [2.75, 3.05) is 20.3 Å². The molecule has 1 aromatic heterocycles. The standard InChI is InChI=1S/C26H25ClN2O3/c1-31-13-12-28-26(30)16-22(24-17-29-25-11-10-19(27)15-23(24)25)18-6-5-9-21(14-18)32-20-7-3-2-4-8-20/h2-11,14-15,17,22,29H,12-13,16H2,1H3,(H,28,30)/t22-/m0/s1. The summed E-state index contributed by atoms with van der Waals surface area (Å²) in [4.78, 5) is 16.0. The second-order valence-electron chi connectivity index (χ2n) is 7.52. The first kappa shape index (κ1) is 21.9. The zero-order valence-corrected chi connectivity index (χ0v) is 18.6. The molecule has 1 atom stereocenters. The number of fused-ring (bicyclic) bond motifs is 1. The van der Waals surface area contributed by atoms with Crippen LogP contribution in [0.1, 0.15) is 23.5 Å². The first-order chi connectivity index (χ1) is 15.6. The minimum atomic E-state index is -0.177. The summed E-state index contributed by atoms with van der Waals surface area (Å²) in [6.45, 7) is 0.943. The molecule has 0 aliphatic rings. The highest BCUT2D eigenvalue weighted by Gasteiger charge is 2.22. The van der Waals surface area contributed by atoms with Crippen LogP contribution in [0.15, 0.2) is 79.0 Å². The van der Waals surface area contributed by atoms with E-state index in [2.05, 4.69) is 10.3 Å². The van der Waals surface area contributed by atoms with Gasteiger partial charge in [0.25, 0.3) is 0 Å². The number of para-hydroxylation sites is 1. The highest BCUT2D eigenvalue weighted by atomic mass is 35.5. The number of nitrogens with one attached hydrogen (secondary N) is 2. The Kier molecular flexibility index (Phi) is 7.10. The fourth-order valence-corrected chi connectivity index (χ4v) is 3.95. The van der Waals surface area contributed by atoms with E-state index in [1.54, 1.807) is 7.11 Å². The Labute approximate surface area is 192 Å². The van der Waals surface area contributed by atoms with E-state index in [-0.39, 0.29) is 18.2 Å². The van der Waals surface area contributed by atoms with Gasteiger partial charge >= 0.3 is 0 Å². The average Bonchev–Trinajstić information content (AvgIpc) is 3.21. The van der Waals surface area contributed by atoms with Crippen LogP contribution >= 0.6 is 11.6 Å². The van der Waals surface area contributed by atoms with Crippen molar-refractivity contribution < 1.29 is 14.3 Å². The van der Waals surface area contributed by atoms with Crippen molar-refractivity contribution in [2.45, 2.75) is 12.3 Å². The normalized spacial score (nSPS) is 11.9. The minimum Gasteiger partial charge on any atom is -0.457 e. The molecule has 1 amide bonds. The lowest BCUT2D eigenvalue weighted by atomic mass is 9.88. The summed E-state index contributed by atoms with van der Waals surface area (Å²) in [6.07, 6.45) is 2.25. The van der Waals surface area contributed by atoms with Gasteiger partial charge in [-0.3, -0.25) is 4.79 Å². The summed E-state index contributed by atoms with van der Waals surface area (Å²) in [6, 6.07) is 23.2. The van der Waals surface area contributed by atoms with Gasteiger partial charge < -0.3 is 19.8 Å². The molecule has 0 aliphatic heterocycles. The summed E-state index contributed by atoms with van der Waals surface area (Å²) < 4.78 is 11.1. The molecule has 4 rings (SSSR count). The van der Waals surface area contributed by atoms with E-state index in [1.165, 1.54) is 0 Å². The molecule has 0 saturated heterocycles. The molecule has 1 heterocycles. The van der Waals surface area contributed by atoms with E-state index in [4.69, 9.17) is 21.1 Å². The molecule has 5 nitrogen and oxygen atoms in total. The molecule has 32 heavy (non-hydrogen) atoms. The highest BCUT2D eigenvalue weighted by Crippen LogP contribution is 2.36. The molecule has 6 heteroatoms. The van der Waals surface area contributed by atoms with E-state index in [9.17, 15) is 4.79 Å². The van der Waals surface area contributed by atoms with Crippen LogP contribution in [0.3, 0.4) is 0 Å². The number of aromatic nitrogens is 1. The number of rotatable bonds is 9. The Balaban J connectivity index is 1.68. The number of halogens is 1. The summed E-state index contributed by atoms with van der Waals surface area (Å²) in [7, 11) is 1.61. The number of hydrogen-bond donors (Lipinski definition) is 2. The Morgan fingerprint density at radius 3 is 2.66 bits per heavy atom.